The first-order valence-electron chi connectivity index (χ1n) is 6.20. The van der Waals surface area contributed by atoms with Gasteiger partial charge >= 0.3 is 0 Å². The zero-order valence-corrected chi connectivity index (χ0v) is 10.5. The second kappa shape index (κ2) is 5.32. The number of nitrogens with zero attached hydrogens (tertiary/aromatic N) is 1. The number of para-hydroxylation sites is 1. The molecule has 0 N–H and O–H groups in total. The molecule has 1 aromatic rings. The molecule has 1 aliphatic rings. The van der Waals surface area contributed by atoms with Crippen molar-refractivity contribution in [2.75, 3.05) is 24.7 Å². The van der Waals surface area contributed by atoms with E-state index in [1.807, 2.05) is 11.8 Å². The van der Waals surface area contributed by atoms with Gasteiger partial charge < -0.3 is 9.64 Å². The maximum absolute atomic E-state index is 12.1. The molecule has 0 saturated carbocycles. The van der Waals surface area contributed by atoms with E-state index in [1.165, 1.54) is 11.1 Å². The molecule has 0 atom stereocenters. The zero-order chi connectivity index (χ0) is 12.3. The fourth-order valence-electron chi connectivity index (χ4n) is 2.36. The third-order valence-electron chi connectivity index (χ3n) is 3.15. The molecule has 0 bridgehead atoms. The smallest absolute Gasteiger partial charge is 0.252 e. The van der Waals surface area contributed by atoms with Crippen molar-refractivity contribution in [3.8, 4) is 0 Å². The second-order valence-electron chi connectivity index (χ2n) is 4.37. The molecule has 0 unspecified atom stereocenters. The highest BCUT2D eigenvalue weighted by molar-refractivity contribution is 5.96. The van der Waals surface area contributed by atoms with Crippen molar-refractivity contribution < 1.29 is 9.53 Å². The Morgan fingerprint density at radius 1 is 1.47 bits per heavy atom. The molecule has 3 nitrogen and oxygen atoms in total. The summed E-state index contributed by atoms with van der Waals surface area (Å²) in [6.45, 7) is 5.54. The average Bonchev–Trinajstić information content (AvgIpc) is 2.35. The van der Waals surface area contributed by atoms with Gasteiger partial charge in [0.1, 0.15) is 6.61 Å². The van der Waals surface area contributed by atoms with E-state index in [1.54, 1.807) is 0 Å². The number of hydrogen-bond donors (Lipinski definition) is 0. The number of ether oxygens (including phenoxy) is 1. The largest absolute Gasteiger partial charge is 0.372 e. The van der Waals surface area contributed by atoms with Crippen LogP contribution in [0.5, 0.6) is 0 Å². The van der Waals surface area contributed by atoms with Crippen LogP contribution in [0.25, 0.3) is 0 Å². The van der Waals surface area contributed by atoms with Crippen LogP contribution in [-0.2, 0) is 16.0 Å². The van der Waals surface area contributed by atoms with Crippen molar-refractivity contribution in [1.82, 2.24) is 0 Å². The summed E-state index contributed by atoms with van der Waals surface area (Å²) in [4.78, 5) is 14.0. The Morgan fingerprint density at radius 2 is 2.29 bits per heavy atom. The number of carbonyl (C=O) groups excluding carboxylic acids is 1. The van der Waals surface area contributed by atoms with Gasteiger partial charge in [-0.1, -0.05) is 18.2 Å². The lowest BCUT2D eigenvalue weighted by atomic mass is 9.98. The first-order valence-corrected chi connectivity index (χ1v) is 6.20. The molecule has 17 heavy (non-hydrogen) atoms. The van der Waals surface area contributed by atoms with Crippen LogP contribution in [0.1, 0.15) is 24.5 Å². The van der Waals surface area contributed by atoms with Gasteiger partial charge in [0.15, 0.2) is 0 Å². The van der Waals surface area contributed by atoms with Crippen LogP contribution in [0.3, 0.4) is 0 Å². The molecule has 1 aliphatic heterocycles. The molecule has 92 valence electrons. The first kappa shape index (κ1) is 12.1. The summed E-state index contributed by atoms with van der Waals surface area (Å²) in [5.74, 6) is 0.0714. The minimum atomic E-state index is 0.0714. The van der Waals surface area contributed by atoms with Gasteiger partial charge in [-0.15, -0.1) is 0 Å². The summed E-state index contributed by atoms with van der Waals surface area (Å²) >= 11 is 0. The average molecular weight is 233 g/mol. The number of anilines is 1. The number of amides is 1. The molecule has 3 heteroatoms. The Hall–Kier alpha value is -1.35. The molecule has 0 spiro atoms. The molecular weight excluding hydrogens is 214 g/mol. The van der Waals surface area contributed by atoms with E-state index >= 15 is 0 Å². The summed E-state index contributed by atoms with van der Waals surface area (Å²) in [7, 11) is 0. The first-order chi connectivity index (χ1) is 8.24. The van der Waals surface area contributed by atoms with Crippen LogP contribution >= 0.6 is 0 Å². The second-order valence-corrected chi connectivity index (χ2v) is 4.37. The summed E-state index contributed by atoms with van der Waals surface area (Å²) in [6.07, 6.45) is 2.10. The number of fused-ring (bicyclic) bond motifs is 1. The Labute approximate surface area is 102 Å². The van der Waals surface area contributed by atoms with Crippen molar-refractivity contribution in [1.29, 1.82) is 0 Å². The van der Waals surface area contributed by atoms with Crippen LogP contribution in [0, 0.1) is 6.92 Å². The predicted molar refractivity (Wildman–Crippen MR) is 68.3 cm³/mol. The molecule has 1 heterocycles. The van der Waals surface area contributed by atoms with Gasteiger partial charge in [-0.3, -0.25) is 4.79 Å². The van der Waals surface area contributed by atoms with Crippen molar-refractivity contribution in [2.24, 2.45) is 0 Å². The molecule has 0 aromatic heterocycles. The van der Waals surface area contributed by atoms with Crippen LogP contribution < -0.4 is 4.90 Å². The van der Waals surface area contributed by atoms with Gasteiger partial charge in [0, 0.05) is 18.8 Å². The van der Waals surface area contributed by atoms with E-state index in [0.717, 1.165) is 25.1 Å². The number of aryl methyl sites for hydroxylation is 2. The maximum Gasteiger partial charge on any atom is 0.252 e. The van der Waals surface area contributed by atoms with E-state index in [-0.39, 0.29) is 12.5 Å². The quantitative estimate of drug-likeness (QED) is 0.801. The summed E-state index contributed by atoms with van der Waals surface area (Å²) in [5.41, 5.74) is 3.55. The Balaban J connectivity index is 2.25. The van der Waals surface area contributed by atoms with Crippen LogP contribution in [0.15, 0.2) is 18.2 Å². The predicted octanol–water partition coefficient (Wildman–Crippen LogP) is 2.31. The molecule has 2 rings (SSSR count). The Kier molecular flexibility index (Phi) is 3.79. The lowest BCUT2D eigenvalue weighted by Gasteiger charge is -2.31. The Morgan fingerprint density at radius 3 is 3.06 bits per heavy atom. The van der Waals surface area contributed by atoms with Gasteiger partial charge in [-0.25, -0.2) is 0 Å². The molecule has 0 radical (unpaired) electrons. The Bertz CT molecular complexity index is 415. The van der Waals surface area contributed by atoms with E-state index in [9.17, 15) is 4.79 Å². The fraction of sp³-hybridized carbons (Fsp3) is 0.500. The van der Waals surface area contributed by atoms with Crippen molar-refractivity contribution in [3.63, 3.8) is 0 Å². The zero-order valence-electron chi connectivity index (χ0n) is 10.5. The highest BCUT2D eigenvalue weighted by Gasteiger charge is 2.23. The van der Waals surface area contributed by atoms with Gasteiger partial charge in [-0.2, -0.15) is 0 Å². The lowest BCUT2D eigenvalue weighted by molar-refractivity contribution is -0.123. The normalized spacial score (nSPS) is 14.6. The number of rotatable bonds is 3. The van der Waals surface area contributed by atoms with Crippen molar-refractivity contribution in [3.05, 3.63) is 29.3 Å². The molecule has 1 amide bonds. The number of benzene rings is 1. The SMILES string of the molecule is CCOCC(=O)N1CCCc2cccc(C)c21. The van der Waals surface area contributed by atoms with Crippen molar-refractivity contribution >= 4 is 11.6 Å². The van der Waals surface area contributed by atoms with E-state index in [4.69, 9.17) is 4.74 Å². The molecule has 0 saturated heterocycles. The van der Waals surface area contributed by atoms with Gasteiger partial charge in [0.05, 0.1) is 0 Å². The number of carbonyl (C=O) groups is 1. The number of hydrogen-bond acceptors (Lipinski definition) is 2. The van der Waals surface area contributed by atoms with Crippen molar-refractivity contribution in [2.45, 2.75) is 26.7 Å². The standard InChI is InChI=1S/C14H19NO2/c1-3-17-10-13(16)15-9-5-8-12-7-4-6-11(2)14(12)15/h4,6-7H,3,5,8-10H2,1-2H3. The molecular formula is C14H19NO2. The van der Waals surface area contributed by atoms with Gasteiger partial charge in [0.25, 0.3) is 5.91 Å². The van der Waals surface area contributed by atoms with Gasteiger partial charge in [-0.05, 0) is 37.8 Å². The highest BCUT2D eigenvalue weighted by atomic mass is 16.5. The minimum absolute atomic E-state index is 0.0714. The maximum atomic E-state index is 12.1. The minimum Gasteiger partial charge on any atom is -0.372 e. The molecule has 0 fully saturated rings. The highest BCUT2D eigenvalue weighted by Crippen LogP contribution is 2.30. The van der Waals surface area contributed by atoms with E-state index < -0.39 is 0 Å². The lowest BCUT2D eigenvalue weighted by Crippen LogP contribution is -2.38. The molecule has 0 aliphatic carbocycles. The molecule has 1 aromatic carbocycles. The third kappa shape index (κ3) is 2.50. The van der Waals surface area contributed by atoms with Crippen LogP contribution in [0.2, 0.25) is 0 Å². The van der Waals surface area contributed by atoms with Crippen LogP contribution in [0.4, 0.5) is 5.69 Å². The van der Waals surface area contributed by atoms with Crippen LogP contribution in [-0.4, -0.2) is 25.7 Å². The monoisotopic (exact) mass is 233 g/mol. The summed E-state index contributed by atoms with van der Waals surface area (Å²) < 4.78 is 5.21. The fourth-order valence-corrected chi connectivity index (χ4v) is 2.36. The van der Waals surface area contributed by atoms with E-state index in [0.29, 0.717) is 6.61 Å². The van der Waals surface area contributed by atoms with Gasteiger partial charge in [0.2, 0.25) is 0 Å². The topological polar surface area (TPSA) is 29.5 Å². The van der Waals surface area contributed by atoms with E-state index in [2.05, 4.69) is 25.1 Å². The third-order valence-corrected chi connectivity index (χ3v) is 3.15. The summed E-state index contributed by atoms with van der Waals surface area (Å²) in [5, 5.41) is 0. The summed E-state index contributed by atoms with van der Waals surface area (Å²) in [6, 6.07) is 6.23.